The van der Waals surface area contributed by atoms with Gasteiger partial charge in [0.15, 0.2) is 11.5 Å². The van der Waals surface area contributed by atoms with E-state index < -0.39 is 0 Å². The van der Waals surface area contributed by atoms with Gasteiger partial charge in [0.2, 0.25) is 5.91 Å². The molecule has 0 aliphatic carbocycles. The van der Waals surface area contributed by atoms with Gasteiger partial charge in [-0.05, 0) is 49.6 Å². The number of hydrogen-bond donors (Lipinski definition) is 0. The first kappa shape index (κ1) is 20.1. The van der Waals surface area contributed by atoms with Crippen LogP contribution in [0.1, 0.15) is 22.3 Å². The smallest absolute Gasteiger partial charge is 0.227 e. The topological polar surface area (TPSA) is 42.0 Å². The number of hydrogen-bond acceptors (Lipinski definition) is 4. The molecule has 0 radical (unpaired) electrons. The maximum atomic E-state index is 12.8. The lowest BCUT2D eigenvalue weighted by Gasteiger charge is -2.37. The Morgan fingerprint density at radius 3 is 2.07 bits per heavy atom. The van der Waals surface area contributed by atoms with Crippen LogP contribution in [0.15, 0.2) is 30.3 Å². The second kappa shape index (κ2) is 8.55. The van der Waals surface area contributed by atoms with Crippen molar-refractivity contribution in [3.05, 3.63) is 52.6 Å². The van der Waals surface area contributed by atoms with Crippen molar-refractivity contribution in [2.24, 2.45) is 0 Å². The lowest BCUT2D eigenvalue weighted by atomic mass is 10.0. The zero-order valence-electron chi connectivity index (χ0n) is 17.5. The molecule has 5 heteroatoms. The van der Waals surface area contributed by atoms with E-state index in [-0.39, 0.29) is 5.91 Å². The third-order valence-electron chi connectivity index (χ3n) is 5.39. The summed E-state index contributed by atoms with van der Waals surface area (Å²) in [4.78, 5) is 17.2. The van der Waals surface area contributed by atoms with E-state index in [0.717, 1.165) is 31.7 Å². The van der Waals surface area contributed by atoms with Crippen molar-refractivity contribution in [2.45, 2.75) is 27.2 Å². The molecule has 0 unspecified atom stereocenters. The van der Waals surface area contributed by atoms with E-state index in [9.17, 15) is 4.79 Å². The number of rotatable bonds is 5. The third kappa shape index (κ3) is 4.24. The average Bonchev–Trinajstić information content (AvgIpc) is 2.67. The molecule has 1 aliphatic heterocycles. The van der Waals surface area contributed by atoms with Crippen LogP contribution in [0, 0.1) is 20.8 Å². The minimum Gasteiger partial charge on any atom is -0.493 e. The molecule has 5 nitrogen and oxygen atoms in total. The minimum absolute atomic E-state index is 0.157. The van der Waals surface area contributed by atoms with Crippen LogP contribution < -0.4 is 14.4 Å². The summed E-state index contributed by atoms with van der Waals surface area (Å²) in [5.74, 6) is 1.49. The number of carbonyl (C=O) groups excluding carboxylic acids is 1. The Bertz CT molecular complexity index is 832. The molecule has 28 heavy (non-hydrogen) atoms. The number of aryl methyl sites for hydroxylation is 3. The summed E-state index contributed by atoms with van der Waals surface area (Å²) >= 11 is 0. The second-order valence-corrected chi connectivity index (χ2v) is 7.48. The van der Waals surface area contributed by atoms with Gasteiger partial charge >= 0.3 is 0 Å². The first-order valence-corrected chi connectivity index (χ1v) is 9.74. The molecule has 3 rings (SSSR count). The predicted octanol–water partition coefficient (Wildman–Crippen LogP) is 3.52. The standard InChI is InChI=1S/C23H30N2O3/c1-16-12-17(2)23(18(3)13-16)25-10-8-24(9-11-25)22(26)15-19-6-7-20(27-4)21(14-19)28-5/h6-7,12-14H,8-11,15H2,1-5H3. The summed E-state index contributed by atoms with van der Waals surface area (Å²) in [6.07, 6.45) is 0.378. The first-order chi connectivity index (χ1) is 13.4. The Labute approximate surface area is 167 Å². The zero-order valence-corrected chi connectivity index (χ0v) is 17.5. The molecular formula is C23H30N2O3. The SMILES string of the molecule is COc1ccc(CC(=O)N2CCN(c3c(C)cc(C)cc3C)CC2)cc1OC. The van der Waals surface area contributed by atoms with E-state index in [1.165, 1.54) is 22.4 Å². The minimum atomic E-state index is 0.157. The van der Waals surface area contributed by atoms with E-state index in [0.29, 0.717) is 17.9 Å². The van der Waals surface area contributed by atoms with Crippen LogP contribution in [-0.2, 0) is 11.2 Å². The van der Waals surface area contributed by atoms with Crippen LogP contribution in [0.3, 0.4) is 0 Å². The number of carbonyl (C=O) groups is 1. The monoisotopic (exact) mass is 382 g/mol. The van der Waals surface area contributed by atoms with Crippen molar-refractivity contribution in [3.63, 3.8) is 0 Å². The average molecular weight is 383 g/mol. The Hall–Kier alpha value is -2.69. The fourth-order valence-electron chi connectivity index (χ4n) is 4.13. The highest BCUT2D eigenvalue weighted by atomic mass is 16.5. The highest BCUT2D eigenvalue weighted by molar-refractivity contribution is 5.79. The van der Waals surface area contributed by atoms with E-state index >= 15 is 0 Å². The van der Waals surface area contributed by atoms with Gasteiger partial charge < -0.3 is 19.3 Å². The number of anilines is 1. The largest absolute Gasteiger partial charge is 0.493 e. The fourth-order valence-corrected chi connectivity index (χ4v) is 4.13. The molecular weight excluding hydrogens is 352 g/mol. The number of piperazine rings is 1. The molecule has 2 aromatic carbocycles. The molecule has 0 saturated carbocycles. The first-order valence-electron chi connectivity index (χ1n) is 9.74. The molecule has 1 amide bonds. The fraction of sp³-hybridized carbons (Fsp3) is 0.435. The molecule has 0 N–H and O–H groups in total. The second-order valence-electron chi connectivity index (χ2n) is 7.48. The number of benzene rings is 2. The number of amides is 1. The van der Waals surface area contributed by atoms with Gasteiger partial charge in [0.25, 0.3) is 0 Å². The number of ether oxygens (including phenoxy) is 2. The van der Waals surface area contributed by atoms with Crippen LogP contribution in [0.5, 0.6) is 11.5 Å². The van der Waals surface area contributed by atoms with Crippen LogP contribution in [0.4, 0.5) is 5.69 Å². The van der Waals surface area contributed by atoms with Gasteiger partial charge in [0.1, 0.15) is 0 Å². The Kier molecular flexibility index (Phi) is 6.12. The van der Waals surface area contributed by atoms with Gasteiger partial charge in [-0.15, -0.1) is 0 Å². The van der Waals surface area contributed by atoms with Crippen LogP contribution in [0.25, 0.3) is 0 Å². The lowest BCUT2D eigenvalue weighted by Crippen LogP contribution is -2.49. The van der Waals surface area contributed by atoms with Crippen molar-refractivity contribution < 1.29 is 14.3 Å². The summed E-state index contributed by atoms with van der Waals surface area (Å²) in [6, 6.07) is 10.1. The number of nitrogens with zero attached hydrogens (tertiary/aromatic N) is 2. The third-order valence-corrected chi connectivity index (χ3v) is 5.39. The van der Waals surface area contributed by atoms with E-state index in [2.05, 4.69) is 37.8 Å². The molecule has 1 aliphatic rings. The van der Waals surface area contributed by atoms with Crippen molar-refractivity contribution >= 4 is 11.6 Å². The summed E-state index contributed by atoms with van der Waals surface area (Å²) in [5, 5.41) is 0. The molecule has 0 bridgehead atoms. The van der Waals surface area contributed by atoms with Crippen LogP contribution >= 0.6 is 0 Å². The van der Waals surface area contributed by atoms with Crippen molar-refractivity contribution in [2.75, 3.05) is 45.3 Å². The van der Waals surface area contributed by atoms with Gasteiger partial charge in [-0.2, -0.15) is 0 Å². The Balaban J connectivity index is 1.63. The molecule has 0 spiro atoms. The molecule has 0 atom stereocenters. The van der Waals surface area contributed by atoms with E-state index in [1.807, 2.05) is 23.1 Å². The van der Waals surface area contributed by atoms with E-state index in [4.69, 9.17) is 9.47 Å². The molecule has 1 fully saturated rings. The molecule has 2 aromatic rings. The Morgan fingerprint density at radius 2 is 1.50 bits per heavy atom. The summed E-state index contributed by atoms with van der Waals surface area (Å²) < 4.78 is 10.6. The van der Waals surface area contributed by atoms with Gasteiger partial charge in [0, 0.05) is 31.9 Å². The van der Waals surface area contributed by atoms with Crippen LogP contribution in [-0.4, -0.2) is 51.2 Å². The van der Waals surface area contributed by atoms with Crippen LogP contribution in [0.2, 0.25) is 0 Å². The molecule has 0 aromatic heterocycles. The number of methoxy groups -OCH3 is 2. The quantitative estimate of drug-likeness (QED) is 0.794. The lowest BCUT2D eigenvalue weighted by molar-refractivity contribution is -0.130. The van der Waals surface area contributed by atoms with Crippen molar-refractivity contribution in [1.29, 1.82) is 0 Å². The maximum absolute atomic E-state index is 12.8. The highest BCUT2D eigenvalue weighted by Gasteiger charge is 2.23. The predicted molar refractivity (Wildman–Crippen MR) is 113 cm³/mol. The maximum Gasteiger partial charge on any atom is 0.227 e. The summed E-state index contributed by atoms with van der Waals surface area (Å²) in [6.45, 7) is 9.70. The molecule has 150 valence electrons. The van der Waals surface area contributed by atoms with Crippen molar-refractivity contribution in [3.8, 4) is 11.5 Å². The summed E-state index contributed by atoms with van der Waals surface area (Å²) in [7, 11) is 3.22. The van der Waals surface area contributed by atoms with Gasteiger partial charge in [0.05, 0.1) is 20.6 Å². The zero-order chi connectivity index (χ0) is 20.3. The van der Waals surface area contributed by atoms with E-state index in [1.54, 1.807) is 14.2 Å². The van der Waals surface area contributed by atoms with Gasteiger partial charge in [-0.3, -0.25) is 4.79 Å². The molecule has 1 saturated heterocycles. The van der Waals surface area contributed by atoms with Crippen molar-refractivity contribution in [1.82, 2.24) is 4.90 Å². The highest BCUT2D eigenvalue weighted by Crippen LogP contribution is 2.29. The van der Waals surface area contributed by atoms with Gasteiger partial charge in [-0.25, -0.2) is 0 Å². The normalized spacial score (nSPS) is 14.2. The van der Waals surface area contributed by atoms with Gasteiger partial charge in [-0.1, -0.05) is 23.8 Å². The molecule has 1 heterocycles. The summed E-state index contributed by atoms with van der Waals surface area (Å²) in [5.41, 5.74) is 6.17. The Morgan fingerprint density at radius 1 is 0.893 bits per heavy atom.